The van der Waals surface area contributed by atoms with Crippen molar-refractivity contribution in [1.29, 1.82) is 0 Å². The molecule has 0 saturated carbocycles. The lowest BCUT2D eigenvalue weighted by Crippen LogP contribution is -2.22. The number of nitrogens with one attached hydrogen (secondary N) is 3. The molecule has 1 aromatic carbocycles. The molecule has 0 saturated heterocycles. The molecule has 1 amide bonds. The highest BCUT2D eigenvalue weighted by Gasteiger charge is 2.13. The molecule has 8 heteroatoms. The second kappa shape index (κ2) is 6.45. The van der Waals surface area contributed by atoms with Crippen LogP contribution in [-0.4, -0.2) is 26.1 Å². The second-order valence-electron chi connectivity index (χ2n) is 5.26. The number of aromatic nitrogens is 4. The molecule has 0 fully saturated rings. The third-order valence-electron chi connectivity index (χ3n) is 3.32. The minimum atomic E-state index is -0.604. The fraction of sp³-hybridized carbons (Fsp3) is 0.125. The van der Waals surface area contributed by atoms with Crippen LogP contribution in [-0.2, 0) is 6.42 Å². The summed E-state index contributed by atoms with van der Waals surface area (Å²) in [5, 5.41) is 8.99. The molecule has 2 heterocycles. The molecule has 0 spiro atoms. The maximum Gasteiger partial charge on any atom is 0.263 e. The molecule has 0 unspecified atom stereocenters. The van der Waals surface area contributed by atoms with Crippen LogP contribution in [0.15, 0.2) is 41.3 Å². The fourth-order valence-corrected chi connectivity index (χ4v) is 2.19. The van der Waals surface area contributed by atoms with E-state index in [-0.39, 0.29) is 22.8 Å². The van der Waals surface area contributed by atoms with Crippen LogP contribution >= 0.6 is 0 Å². The van der Waals surface area contributed by atoms with Gasteiger partial charge in [-0.2, -0.15) is 4.98 Å². The molecule has 0 atom stereocenters. The molecule has 2 aromatic heterocycles. The summed E-state index contributed by atoms with van der Waals surface area (Å²) in [6.45, 7) is 1.72. The number of H-pyrrole nitrogens is 2. The number of aryl methyl sites for hydroxylation is 1. The van der Waals surface area contributed by atoms with Crippen molar-refractivity contribution in [1.82, 2.24) is 20.2 Å². The molecule has 0 radical (unpaired) electrons. The van der Waals surface area contributed by atoms with Crippen molar-refractivity contribution in [2.75, 3.05) is 5.32 Å². The van der Waals surface area contributed by atoms with Crippen LogP contribution in [0, 0.1) is 12.7 Å². The Morgan fingerprint density at radius 1 is 1.33 bits per heavy atom. The Morgan fingerprint density at radius 2 is 2.17 bits per heavy atom. The molecule has 0 aliphatic heterocycles. The third-order valence-corrected chi connectivity index (χ3v) is 3.32. The highest BCUT2D eigenvalue weighted by Crippen LogP contribution is 2.09. The Hall–Kier alpha value is -3.29. The Morgan fingerprint density at radius 3 is 2.92 bits per heavy atom. The molecular weight excluding hydrogens is 313 g/mol. The minimum Gasteiger partial charge on any atom is -0.364 e. The average Bonchev–Trinajstić information content (AvgIpc) is 2.94. The van der Waals surface area contributed by atoms with Crippen LogP contribution in [0.25, 0.3) is 0 Å². The molecule has 0 aliphatic carbocycles. The van der Waals surface area contributed by atoms with Crippen molar-refractivity contribution in [2.45, 2.75) is 13.3 Å². The van der Waals surface area contributed by atoms with Gasteiger partial charge in [-0.05, 0) is 24.6 Å². The van der Waals surface area contributed by atoms with E-state index in [2.05, 4.69) is 25.5 Å². The van der Waals surface area contributed by atoms with Gasteiger partial charge in [-0.25, -0.2) is 4.39 Å². The second-order valence-corrected chi connectivity index (χ2v) is 5.26. The Balaban J connectivity index is 1.71. The number of carbonyl (C=O) groups excluding carboxylic acids is 1. The lowest BCUT2D eigenvalue weighted by atomic mass is 10.1. The number of benzene rings is 1. The maximum absolute atomic E-state index is 13.2. The highest BCUT2D eigenvalue weighted by atomic mass is 19.1. The largest absolute Gasteiger partial charge is 0.364 e. The van der Waals surface area contributed by atoms with E-state index in [4.69, 9.17) is 0 Å². The number of rotatable bonds is 4. The van der Waals surface area contributed by atoms with Crippen LogP contribution in [0.4, 0.5) is 10.3 Å². The summed E-state index contributed by atoms with van der Waals surface area (Å²) in [5.74, 6) is -0.424. The lowest BCUT2D eigenvalue weighted by Gasteiger charge is -2.00. The smallest absolute Gasteiger partial charge is 0.263 e. The normalized spacial score (nSPS) is 10.6. The lowest BCUT2D eigenvalue weighted by molar-refractivity contribution is 0.102. The number of anilines is 1. The molecule has 24 heavy (non-hydrogen) atoms. The Kier molecular flexibility index (Phi) is 4.19. The van der Waals surface area contributed by atoms with Crippen molar-refractivity contribution >= 4 is 11.9 Å². The number of nitrogens with zero attached hydrogens (tertiary/aromatic N) is 2. The highest BCUT2D eigenvalue weighted by molar-refractivity contribution is 6.02. The first kappa shape index (κ1) is 15.6. The van der Waals surface area contributed by atoms with Gasteiger partial charge in [-0.3, -0.25) is 20.0 Å². The number of hydrogen-bond acceptors (Lipinski definition) is 4. The summed E-state index contributed by atoms with van der Waals surface area (Å²) < 4.78 is 13.2. The summed E-state index contributed by atoms with van der Waals surface area (Å²) >= 11 is 0. The van der Waals surface area contributed by atoms with E-state index in [1.165, 1.54) is 24.4 Å². The first-order chi connectivity index (χ1) is 11.5. The van der Waals surface area contributed by atoms with E-state index < -0.39 is 5.91 Å². The zero-order valence-electron chi connectivity index (χ0n) is 12.8. The monoisotopic (exact) mass is 327 g/mol. The van der Waals surface area contributed by atoms with E-state index in [1.807, 2.05) is 0 Å². The number of halogens is 1. The average molecular weight is 327 g/mol. The summed E-state index contributed by atoms with van der Waals surface area (Å²) in [4.78, 5) is 30.8. The SMILES string of the molecule is Cc1cc(=O)c(C(=O)Nc2n[nH]c(Cc3cccc(F)c3)n2)c[nH]1. The van der Waals surface area contributed by atoms with E-state index in [1.54, 1.807) is 19.1 Å². The molecule has 7 nitrogen and oxygen atoms in total. The fourth-order valence-electron chi connectivity index (χ4n) is 2.19. The van der Waals surface area contributed by atoms with Gasteiger partial charge in [0, 0.05) is 24.4 Å². The molecule has 3 rings (SSSR count). The van der Waals surface area contributed by atoms with Crippen LogP contribution in [0.3, 0.4) is 0 Å². The van der Waals surface area contributed by atoms with Gasteiger partial charge in [0.05, 0.1) is 0 Å². The van der Waals surface area contributed by atoms with Crippen LogP contribution < -0.4 is 10.7 Å². The topological polar surface area (TPSA) is 104 Å². The first-order valence-corrected chi connectivity index (χ1v) is 7.17. The van der Waals surface area contributed by atoms with Crippen molar-refractivity contribution in [3.05, 3.63) is 75.2 Å². The van der Waals surface area contributed by atoms with Crippen molar-refractivity contribution in [3.63, 3.8) is 0 Å². The zero-order valence-corrected chi connectivity index (χ0v) is 12.8. The van der Waals surface area contributed by atoms with Crippen molar-refractivity contribution < 1.29 is 9.18 Å². The van der Waals surface area contributed by atoms with Gasteiger partial charge < -0.3 is 4.98 Å². The zero-order chi connectivity index (χ0) is 17.1. The van der Waals surface area contributed by atoms with Crippen LogP contribution in [0.1, 0.15) is 27.4 Å². The minimum absolute atomic E-state index is 0.0305. The van der Waals surface area contributed by atoms with Gasteiger partial charge in [0.15, 0.2) is 5.43 Å². The predicted octanol–water partition coefficient (Wildman–Crippen LogP) is 1.78. The molecule has 3 N–H and O–H groups in total. The standard InChI is InChI=1S/C16H14FN5O2/c1-9-5-13(23)12(8-18-9)15(24)20-16-19-14(21-22-16)7-10-3-2-4-11(17)6-10/h2-6,8H,7H2,1H3,(H,18,23)(H2,19,20,21,22,24). The summed E-state index contributed by atoms with van der Waals surface area (Å²) in [6.07, 6.45) is 1.68. The molecule has 3 aromatic rings. The maximum atomic E-state index is 13.2. The number of aromatic amines is 2. The van der Waals surface area contributed by atoms with E-state index in [9.17, 15) is 14.0 Å². The third kappa shape index (κ3) is 3.54. The van der Waals surface area contributed by atoms with Gasteiger partial charge in [-0.15, -0.1) is 5.10 Å². The number of carbonyl (C=O) groups is 1. The quantitative estimate of drug-likeness (QED) is 0.679. The summed E-state index contributed by atoms with van der Waals surface area (Å²) in [6, 6.07) is 7.45. The molecule has 0 bridgehead atoms. The van der Waals surface area contributed by atoms with Gasteiger partial charge in [-0.1, -0.05) is 12.1 Å². The van der Waals surface area contributed by atoms with Crippen molar-refractivity contribution in [2.24, 2.45) is 0 Å². The van der Waals surface area contributed by atoms with Crippen molar-refractivity contribution in [3.8, 4) is 0 Å². The molecular formula is C16H14FN5O2. The number of amides is 1. The van der Waals surface area contributed by atoms with E-state index in [0.717, 1.165) is 5.56 Å². The molecule has 122 valence electrons. The van der Waals surface area contributed by atoms with E-state index in [0.29, 0.717) is 17.9 Å². The van der Waals surface area contributed by atoms with Gasteiger partial charge in [0.2, 0.25) is 5.95 Å². The van der Waals surface area contributed by atoms with Gasteiger partial charge in [0.25, 0.3) is 5.91 Å². The van der Waals surface area contributed by atoms with E-state index >= 15 is 0 Å². The van der Waals surface area contributed by atoms with Gasteiger partial charge >= 0.3 is 0 Å². The number of hydrogen-bond donors (Lipinski definition) is 3. The van der Waals surface area contributed by atoms with Crippen LogP contribution in [0.5, 0.6) is 0 Å². The molecule has 0 aliphatic rings. The first-order valence-electron chi connectivity index (χ1n) is 7.17. The Bertz CT molecular complexity index is 947. The number of pyridine rings is 1. The van der Waals surface area contributed by atoms with Crippen LogP contribution in [0.2, 0.25) is 0 Å². The summed E-state index contributed by atoms with van der Waals surface area (Å²) in [7, 11) is 0. The predicted molar refractivity (Wildman–Crippen MR) is 85.3 cm³/mol. The van der Waals surface area contributed by atoms with Gasteiger partial charge in [0.1, 0.15) is 17.2 Å². The Labute approximate surface area is 136 Å². The summed E-state index contributed by atoms with van der Waals surface area (Å²) in [5.41, 5.74) is 0.960.